The predicted molar refractivity (Wildman–Crippen MR) is 266 cm³/mol. The second-order valence-corrected chi connectivity index (χ2v) is 41.2. The molecule has 0 aliphatic carbocycles. The van der Waals surface area contributed by atoms with Crippen molar-refractivity contribution >= 4 is 39.2 Å². The van der Waals surface area contributed by atoms with E-state index < -0.39 is 39.4 Å². The van der Waals surface area contributed by atoms with E-state index in [1.807, 2.05) is 12.2 Å². The van der Waals surface area contributed by atoms with E-state index in [0.29, 0.717) is 18.4 Å². The van der Waals surface area contributed by atoms with Crippen LogP contribution in [-0.4, -0.2) is 70.3 Å². The highest BCUT2D eigenvalue weighted by Crippen LogP contribution is 2.41. The number of carbonyl (C=O) groups is 1. The molecule has 0 aromatic carbocycles. The lowest BCUT2D eigenvalue weighted by atomic mass is 9.90. The van der Waals surface area contributed by atoms with Crippen molar-refractivity contribution in [2.75, 3.05) is 6.61 Å². The highest BCUT2D eigenvalue weighted by atomic mass is 28.4. The monoisotopic (exact) mass is 891 g/mol. The maximum atomic E-state index is 14.4. The molecule has 6 nitrogen and oxygen atoms in total. The van der Waals surface area contributed by atoms with E-state index in [9.17, 15) is 4.79 Å². The summed E-state index contributed by atoms with van der Waals surface area (Å²) in [7, 11) is -8.49. The second kappa shape index (κ2) is 22.5. The van der Waals surface area contributed by atoms with Crippen LogP contribution in [0.15, 0.2) is 58.7 Å². The van der Waals surface area contributed by atoms with Crippen LogP contribution in [-0.2, 0) is 27.2 Å². The van der Waals surface area contributed by atoms with Gasteiger partial charge in [0.25, 0.3) is 0 Å². The van der Waals surface area contributed by atoms with Crippen LogP contribution >= 0.6 is 0 Å². The molecule has 1 unspecified atom stereocenters. The van der Waals surface area contributed by atoms with Gasteiger partial charge in [0.05, 0.1) is 30.5 Å². The smallest absolute Gasteiger partial charge is 0.336 e. The zero-order valence-electron chi connectivity index (χ0n) is 42.8. The molecule has 5 atom stereocenters. The second-order valence-electron chi connectivity index (χ2n) is 22.1. The van der Waals surface area contributed by atoms with Crippen molar-refractivity contribution < 1.29 is 27.2 Å². The molecule has 59 heavy (non-hydrogen) atoms. The van der Waals surface area contributed by atoms with Crippen molar-refractivity contribution in [3.63, 3.8) is 0 Å². The molecule has 342 valence electrons. The first-order chi connectivity index (χ1) is 26.7. The Balaban J connectivity index is 4.18. The minimum Gasteiger partial charge on any atom is -0.456 e. The molecule has 10 heteroatoms. The van der Waals surface area contributed by atoms with Gasteiger partial charge in [-0.15, -0.1) is 0 Å². The number of rotatable bonds is 14. The number of carbonyl (C=O) groups excluding carboxylic acids is 1. The maximum Gasteiger partial charge on any atom is 0.336 e. The van der Waals surface area contributed by atoms with E-state index in [2.05, 4.69) is 181 Å². The highest BCUT2D eigenvalue weighted by molar-refractivity contribution is 6.75. The highest BCUT2D eigenvalue weighted by Gasteiger charge is 2.42. The predicted octanol–water partition coefficient (Wildman–Crippen LogP) is 15.3. The van der Waals surface area contributed by atoms with Gasteiger partial charge in [0.15, 0.2) is 33.3 Å². The number of ether oxygens (including phenoxy) is 1. The molecular weight excluding hydrogens is 797 g/mol. The third-order valence-corrected chi connectivity index (χ3v) is 32.6. The molecular formula is C49H94O6Si4. The molecule has 1 heterocycles. The topological polar surface area (TPSA) is 63.2 Å². The number of esters is 1. The van der Waals surface area contributed by atoms with Gasteiger partial charge in [-0.25, -0.2) is 4.79 Å². The molecule has 0 spiro atoms. The fourth-order valence-electron chi connectivity index (χ4n) is 6.62. The Bertz CT molecular complexity index is 1490. The molecule has 1 aliphatic rings. The lowest BCUT2D eigenvalue weighted by Crippen LogP contribution is -2.47. The maximum absolute atomic E-state index is 14.4. The van der Waals surface area contributed by atoms with Gasteiger partial charge < -0.3 is 22.4 Å². The van der Waals surface area contributed by atoms with Crippen LogP contribution in [0.25, 0.3) is 0 Å². The first kappa shape index (κ1) is 55.9. The molecule has 1 rings (SSSR count). The number of allylic oxidation sites excluding steroid dienone is 4. The van der Waals surface area contributed by atoms with E-state index in [4.69, 9.17) is 22.4 Å². The average molecular weight is 892 g/mol. The van der Waals surface area contributed by atoms with Crippen LogP contribution in [0.1, 0.15) is 137 Å². The Kier molecular flexibility index (Phi) is 21.3. The summed E-state index contributed by atoms with van der Waals surface area (Å²) in [5.41, 5.74) is 4.12. The number of hydrogen-bond acceptors (Lipinski definition) is 6. The quantitative estimate of drug-likeness (QED) is 0.0983. The van der Waals surface area contributed by atoms with E-state index in [1.165, 1.54) is 11.1 Å². The fraction of sp³-hybridized carbons (Fsp3) is 0.776. The molecule has 0 fully saturated rings. The summed E-state index contributed by atoms with van der Waals surface area (Å²) >= 11 is 0. The van der Waals surface area contributed by atoms with Gasteiger partial charge in [0.2, 0.25) is 0 Å². The van der Waals surface area contributed by atoms with E-state index in [0.717, 1.165) is 30.1 Å². The lowest BCUT2D eigenvalue weighted by Gasteiger charge is -2.40. The minimum atomic E-state index is -2.18. The van der Waals surface area contributed by atoms with Crippen LogP contribution in [0.4, 0.5) is 0 Å². The van der Waals surface area contributed by atoms with Gasteiger partial charge in [-0.05, 0) is 130 Å². The zero-order valence-corrected chi connectivity index (χ0v) is 46.8. The van der Waals surface area contributed by atoms with Crippen molar-refractivity contribution in [3.8, 4) is 0 Å². The van der Waals surface area contributed by atoms with Crippen LogP contribution in [0.3, 0.4) is 0 Å². The SMILES string of the molecule is CCC1/C=C(/C)[C@@H](O[Si](C)(C)C(C)(C)C)C/C=C/C=C(/CO[Si](C)(C)C(C)(C)C)C(=O)O[C@H]([C@@H](C)O[Si](C)(C)C(C)(C)C)C/C=C(C)/C=C(\C)[C@@H]1O[Si](CC)(CC)CC. The van der Waals surface area contributed by atoms with Crippen LogP contribution in [0.5, 0.6) is 0 Å². The van der Waals surface area contributed by atoms with Gasteiger partial charge in [-0.1, -0.05) is 126 Å². The standard InChI is InChI=1S/C49H94O6Si4/c1-24-41-35-38(6)43(54-58(22,23)49(15,16)17)31-29-28-30-42(36-51-56(18,19)47(9,10)11)46(50)52-44(40(8)53-57(20,21)48(12,13)14)33-32-37(5)34-39(7)45(41)55-59(25-2,26-3)27-4/h28-30,32,34-35,40-41,43-45H,24-27,31,33,36H2,1-23H3/b29-28+,37-32+,38-35-,39-34+,42-30-/t40-,41?,43+,44+,45+/m1/s1. The molecule has 0 radical (unpaired) electrons. The number of hydrogen-bond donors (Lipinski definition) is 0. The average Bonchev–Trinajstić information content (AvgIpc) is 3.10. The van der Waals surface area contributed by atoms with Crippen molar-refractivity contribution in [1.29, 1.82) is 0 Å². The Morgan fingerprint density at radius 3 is 1.75 bits per heavy atom. The third kappa shape index (κ3) is 16.5. The largest absolute Gasteiger partial charge is 0.456 e. The molecule has 0 N–H and O–H groups in total. The molecule has 0 saturated carbocycles. The Morgan fingerprint density at radius 2 is 1.27 bits per heavy atom. The number of cyclic esters (lactones) is 1. The molecule has 0 aromatic heterocycles. The normalized spacial score (nSPS) is 26.8. The van der Waals surface area contributed by atoms with Gasteiger partial charge in [0.1, 0.15) is 6.10 Å². The fourth-order valence-corrected chi connectivity index (χ4v) is 13.2. The molecule has 0 saturated heterocycles. The molecule has 0 bridgehead atoms. The molecule has 0 aromatic rings. The van der Waals surface area contributed by atoms with Crippen molar-refractivity contribution in [2.45, 2.75) is 234 Å². The van der Waals surface area contributed by atoms with Gasteiger partial charge in [-0.3, -0.25) is 0 Å². The van der Waals surface area contributed by atoms with Crippen LogP contribution < -0.4 is 0 Å². The first-order valence-corrected chi connectivity index (χ1v) is 34.3. The summed E-state index contributed by atoms with van der Waals surface area (Å²) in [6, 6.07) is 3.28. The van der Waals surface area contributed by atoms with Crippen molar-refractivity contribution in [3.05, 3.63) is 58.7 Å². The van der Waals surface area contributed by atoms with E-state index in [-0.39, 0.29) is 51.9 Å². The first-order valence-electron chi connectivity index (χ1n) is 23.0. The Morgan fingerprint density at radius 1 is 0.746 bits per heavy atom. The Labute approximate surface area is 370 Å². The zero-order chi connectivity index (χ0) is 46.0. The molecule has 1 aliphatic heterocycles. The van der Waals surface area contributed by atoms with Gasteiger partial charge in [-0.2, -0.15) is 0 Å². The van der Waals surface area contributed by atoms with Crippen LogP contribution in [0, 0.1) is 5.92 Å². The third-order valence-electron chi connectivity index (χ3n) is 14.5. The lowest BCUT2D eigenvalue weighted by molar-refractivity contribution is -0.149. The van der Waals surface area contributed by atoms with E-state index >= 15 is 0 Å². The summed E-state index contributed by atoms with van der Waals surface area (Å²) in [6.45, 7) is 52.1. The summed E-state index contributed by atoms with van der Waals surface area (Å²) in [5, 5.41) is 0.0598. The minimum absolute atomic E-state index is 0.00324. The van der Waals surface area contributed by atoms with Gasteiger partial charge >= 0.3 is 5.97 Å². The van der Waals surface area contributed by atoms with Crippen molar-refractivity contribution in [1.82, 2.24) is 0 Å². The summed E-state index contributed by atoms with van der Waals surface area (Å²) < 4.78 is 34.8. The summed E-state index contributed by atoms with van der Waals surface area (Å²) in [6.07, 6.45) is 14.3. The van der Waals surface area contributed by atoms with Crippen molar-refractivity contribution in [2.24, 2.45) is 5.92 Å². The van der Waals surface area contributed by atoms with E-state index in [1.54, 1.807) is 0 Å². The molecule has 0 amide bonds. The Hall–Kier alpha value is -1.12. The summed E-state index contributed by atoms with van der Waals surface area (Å²) in [4.78, 5) is 14.4. The van der Waals surface area contributed by atoms with Gasteiger partial charge in [0, 0.05) is 12.3 Å². The van der Waals surface area contributed by atoms with Crippen LogP contribution in [0.2, 0.25) is 72.5 Å². The summed E-state index contributed by atoms with van der Waals surface area (Å²) in [5.74, 6) is -0.165.